The van der Waals surface area contributed by atoms with Crippen LogP contribution in [0.2, 0.25) is 0 Å². The molecule has 0 aromatic heterocycles. The molecule has 0 aliphatic heterocycles. The Bertz CT molecular complexity index is 267. The van der Waals surface area contributed by atoms with Gasteiger partial charge in [-0.2, -0.15) is 0 Å². The molecule has 0 bridgehead atoms. The van der Waals surface area contributed by atoms with Crippen LogP contribution in [-0.4, -0.2) is 17.0 Å². The third-order valence-corrected chi connectivity index (χ3v) is 1.99. The van der Waals surface area contributed by atoms with Crippen molar-refractivity contribution in [2.45, 2.75) is 25.9 Å². The van der Waals surface area contributed by atoms with Crippen LogP contribution in [0, 0.1) is 0 Å². The fourth-order valence-corrected chi connectivity index (χ4v) is 1.19. The lowest BCUT2D eigenvalue weighted by atomic mass is 10.0. The molecule has 1 rings (SSSR count). The molecule has 0 spiro atoms. The van der Waals surface area contributed by atoms with Gasteiger partial charge in [-0.05, 0) is 5.56 Å². The zero-order valence-electron chi connectivity index (χ0n) is 7.73. The number of carbonyl (C=O) groups is 1. The summed E-state index contributed by atoms with van der Waals surface area (Å²) in [5, 5.41) is 9.42. The van der Waals surface area contributed by atoms with Crippen LogP contribution in [0.4, 0.5) is 0 Å². The highest BCUT2D eigenvalue weighted by Gasteiger charge is 2.12. The summed E-state index contributed by atoms with van der Waals surface area (Å²) in [5.41, 5.74) is 0.997. The van der Waals surface area contributed by atoms with Crippen molar-refractivity contribution in [3.8, 4) is 0 Å². The molecule has 1 N–H and O–H groups in total. The van der Waals surface area contributed by atoms with Crippen LogP contribution in [0.25, 0.3) is 0 Å². The van der Waals surface area contributed by atoms with Gasteiger partial charge in [-0.3, -0.25) is 4.79 Å². The van der Waals surface area contributed by atoms with Crippen molar-refractivity contribution in [3.63, 3.8) is 0 Å². The lowest BCUT2D eigenvalue weighted by Crippen LogP contribution is -2.21. The Kier molecular flexibility index (Phi) is 3.65. The number of ketones is 1. The Morgan fingerprint density at radius 1 is 1.38 bits per heavy atom. The fourth-order valence-electron chi connectivity index (χ4n) is 1.19. The second-order valence-electron chi connectivity index (χ2n) is 3.03. The van der Waals surface area contributed by atoms with E-state index in [1.54, 1.807) is 6.92 Å². The number of hydrogen-bond donors (Lipinski definition) is 1. The van der Waals surface area contributed by atoms with Gasteiger partial charge in [0.25, 0.3) is 0 Å². The number of Topliss-reactive ketones (excluding diaryl/α,β-unsaturated/α-hetero) is 1. The third-order valence-electron chi connectivity index (χ3n) is 1.99. The SMILES string of the molecule is CCC(=O)[C@H](O)Cc1ccccc1. The molecule has 0 aliphatic carbocycles. The van der Waals surface area contributed by atoms with Crippen molar-refractivity contribution in [2.24, 2.45) is 0 Å². The first-order valence-electron chi connectivity index (χ1n) is 4.48. The first-order valence-corrected chi connectivity index (χ1v) is 4.48. The molecular formula is C11H14O2. The van der Waals surface area contributed by atoms with Crippen molar-refractivity contribution in [1.29, 1.82) is 0 Å². The molecule has 0 fully saturated rings. The molecule has 0 aliphatic rings. The number of aliphatic hydroxyl groups excluding tert-OH is 1. The number of benzene rings is 1. The minimum absolute atomic E-state index is 0.0937. The first kappa shape index (κ1) is 9.93. The molecule has 13 heavy (non-hydrogen) atoms. The van der Waals surface area contributed by atoms with Gasteiger partial charge in [-0.1, -0.05) is 37.3 Å². The van der Waals surface area contributed by atoms with Crippen LogP contribution < -0.4 is 0 Å². The maximum Gasteiger partial charge on any atom is 0.161 e. The second kappa shape index (κ2) is 4.77. The largest absolute Gasteiger partial charge is 0.385 e. The van der Waals surface area contributed by atoms with E-state index in [4.69, 9.17) is 0 Å². The van der Waals surface area contributed by atoms with Crippen molar-refractivity contribution in [1.82, 2.24) is 0 Å². The number of aliphatic hydroxyl groups is 1. The van der Waals surface area contributed by atoms with Crippen LogP contribution in [0.1, 0.15) is 18.9 Å². The van der Waals surface area contributed by atoms with Gasteiger partial charge in [0.2, 0.25) is 0 Å². The summed E-state index contributed by atoms with van der Waals surface area (Å²) in [6, 6.07) is 9.53. The number of rotatable bonds is 4. The molecular weight excluding hydrogens is 164 g/mol. The van der Waals surface area contributed by atoms with E-state index in [1.807, 2.05) is 30.3 Å². The molecule has 0 amide bonds. The Morgan fingerprint density at radius 3 is 2.54 bits per heavy atom. The zero-order chi connectivity index (χ0) is 9.68. The highest BCUT2D eigenvalue weighted by molar-refractivity contribution is 5.82. The van der Waals surface area contributed by atoms with E-state index in [0.29, 0.717) is 12.8 Å². The van der Waals surface area contributed by atoms with E-state index in [0.717, 1.165) is 5.56 Å². The van der Waals surface area contributed by atoms with E-state index >= 15 is 0 Å². The highest BCUT2D eigenvalue weighted by Crippen LogP contribution is 2.04. The number of carbonyl (C=O) groups excluding carboxylic acids is 1. The summed E-state index contributed by atoms with van der Waals surface area (Å²) in [6.07, 6.45) is -0.0194. The third kappa shape index (κ3) is 2.99. The van der Waals surface area contributed by atoms with Gasteiger partial charge in [0.15, 0.2) is 5.78 Å². The summed E-state index contributed by atoms with van der Waals surface area (Å²) in [7, 11) is 0. The van der Waals surface area contributed by atoms with Crippen molar-refractivity contribution in [3.05, 3.63) is 35.9 Å². The molecule has 0 saturated heterocycles. The van der Waals surface area contributed by atoms with Crippen molar-refractivity contribution < 1.29 is 9.90 Å². The molecule has 2 heteroatoms. The lowest BCUT2D eigenvalue weighted by molar-refractivity contribution is -0.126. The summed E-state index contributed by atoms with van der Waals surface area (Å²) in [4.78, 5) is 11.1. The molecule has 1 aromatic carbocycles. The van der Waals surface area contributed by atoms with E-state index in [9.17, 15) is 9.90 Å². The normalized spacial score (nSPS) is 12.5. The second-order valence-corrected chi connectivity index (χ2v) is 3.03. The summed E-state index contributed by atoms with van der Waals surface area (Å²) >= 11 is 0. The fraction of sp³-hybridized carbons (Fsp3) is 0.364. The van der Waals surface area contributed by atoms with Gasteiger partial charge in [0.05, 0.1) is 0 Å². The molecule has 0 unspecified atom stereocenters. The highest BCUT2D eigenvalue weighted by atomic mass is 16.3. The van der Waals surface area contributed by atoms with E-state index in [1.165, 1.54) is 0 Å². The zero-order valence-corrected chi connectivity index (χ0v) is 7.73. The van der Waals surface area contributed by atoms with E-state index in [-0.39, 0.29) is 5.78 Å². The molecule has 1 atom stereocenters. The monoisotopic (exact) mass is 178 g/mol. The van der Waals surface area contributed by atoms with Gasteiger partial charge in [0, 0.05) is 12.8 Å². The maximum atomic E-state index is 11.1. The Labute approximate surface area is 78.2 Å². The smallest absolute Gasteiger partial charge is 0.161 e. The van der Waals surface area contributed by atoms with Crippen molar-refractivity contribution >= 4 is 5.78 Å². The van der Waals surface area contributed by atoms with E-state index in [2.05, 4.69) is 0 Å². The standard InChI is InChI=1S/C11H14O2/c1-2-10(12)11(13)8-9-6-4-3-5-7-9/h3-7,11,13H,2,8H2,1H3/t11-/m1/s1. The molecule has 0 heterocycles. The van der Waals surface area contributed by atoms with E-state index < -0.39 is 6.10 Å². The number of hydrogen-bond acceptors (Lipinski definition) is 2. The van der Waals surface area contributed by atoms with Crippen LogP contribution in [0.5, 0.6) is 0 Å². The predicted octanol–water partition coefficient (Wildman–Crippen LogP) is 1.57. The van der Waals surface area contributed by atoms with Crippen LogP contribution in [-0.2, 0) is 11.2 Å². The van der Waals surface area contributed by atoms with Crippen LogP contribution in [0.3, 0.4) is 0 Å². The van der Waals surface area contributed by atoms with Gasteiger partial charge in [-0.15, -0.1) is 0 Å². The van der Waals surface area contributed by atoms with Gasteiger partial charge >= 0.3 is 0 Å². The van der Waals surface area contributed by atoms with Gasteiger partial charge in [-0.25, -0.2) is 0 Å². The maximum absolute atomic E-state index is 11.1. The summed E-state index contributed by atoms with van der Waals surface area (Å²) in [5.74, 6) is -0.0937. The average molecular weight is 178 g/mol. The van der Waals surface area contributed by atoms with Crippen LogP contribution in [0.15, 0.2) is 30.3 Å². The predicted molar refractivity (Wildman–Crippen MR) is 51.5 cm³/mol. The molecule has 0 radical (unpaired) electrons. The Morgan fingerprint density at radius 2 is 2.00 bits per heavy atom. The molecule has 0 saturated carbocycles. The van der Waals surface area contributed by atoms with Crippen LogP contribution >= 0.6 is 0 Å². The topological polar surface area (TPSA) is 37.3 Å². The molecule has 70 valence electrons. The molecule has 1 aromatic rings. The minimum atomic E-state index is -0.840. The van der Waals surface area contributed by atoms with Gasteiger partial charge < -0.3 is 5.11 Å². The quantitative estimate of drug-likeness (QED) is 0.759. The Hall–Kier alpha value is -1.15. The molecule has 2 nitrogen and oxygen atoms in total. The minimum Gasteiger partial charge on any atom is -0.385 e. The van der Waals surface area contributed by atoms with Crippen molar-refractivity contribution in [2.75, 3.05) is 0 Å². The lowest BCUT2D eigenvalue weighted by Gasteiger charge is -2.07. The average Bonchev–Trinajstić information content (AvgIpc) is 2.18. The van der Waals surface area contributed by atoms with Gasteiger partial charge in [0.1, 0.15) is 6.10 Å². The first-order chi connectivity index (χ1) is 6.24. The summed E-state index contributed by atoms with van der Waals surface area (Å²) in [6.45, 7) is 1.76. The summed E-state index contributed by atoms with van der Waals surface area (Å²) < 4.78 is 0. The Balaban J connectivity index is 2.55.